The highest BCUT2D eigenvalue weighted by atomic mass is 35.5. The second kappa shape index (κ2) is 6.08. The average molecular weight is 385 g/mol. The van der Waals surface area contributed by atoms with Crippen molar-refractivity contribution >= 4 is 11.6 Å². The van der Waals surface area contributed by atoms with Crippen LogP contribution in [0.3, 0.4) is 0 Å². The molecule has 4 saturated carbocycles. The van der Waals surface area contributed by atoms with E-state index in [0.29, 0.717) is 24.7 Å². The molecule has 0 aliphatic heterocycles. The lowest BCUT2D eigenvalue weighted by Gasteiger charge is -2.61. The summed E-state index contributed by atoms with van der Waals surface area (Å²) in [6, 6.07) is 0. The number of hydrogen-bond acceptors (Lipinski definition) is 3. The van der Waals surface area contributed by atoms with Gasteiger partial charge in [-0.15, -0.1) is 0 Å². The summed E-state index contributed by atoms with van der Waals surface area (Å²) in [5.41, 5.74) is -2.05. The van der Waals surface area contributed by atoms with E-state index in [2.05, 4.69) is 18.2 Å². The van der Waals surface area contributed by atoms with Gasteiger partial charge in [0.25, 0.3) is 0 Å². The van der Waals surface area contributed by atoms with Crippen LogP contribution in [-0.4, -0.2) is 39.3 Å². The molecule has 10 atom stereocenters. The molecular formula is C21H30ClFO3. The lowest BCUT2D eigenvalue weighted by molar-refractivity contribution is -0.169. The van der Waals surface area contributed by atoms with Crippen LogP contribution in [0.4, 0.5) is 4.39 Å². The van der Waals surface area contributed by atoms with Gasteiger partial charge < -0.3 is 15.3 Å². The van der Waals surface area contributed by atoms with Crippen molar-refractivity contribution < 1.29 is 19.7 Å². The molecule has 26 heavy (non-hydrogen) atoms. The first-order valence-electron chi connectivity index (χ1n) is 10.0. The molecule has 0 aromatic rings. The number of hydrogen-bond donors (Lipinski definition) is 3. The van der Waals surface area contributed by atoms with E-state index in [-0.39, 0.29) is 17.3 Å². The molecule has 0 aromatic heterocycles. The summed E-state index contributed by atoms with van der Waals surface area (Å²) in [5, 5.41) is 34.1. The van der Waals surface area contributed by atoms with Crippen LogP contribution in [-0.2, 0) is 0 Å². The van der Waals surface area contributed by atoms with Crippen LogP contribution in [0, 0.1) is 45.8 Å². The van der Waals surface area contributed by atoms with Crippen molar-refractivity contribution in [2.24, 2.45) is 34.5 Å². The Bertz CT molecular complexity index is 647. The first kappa shape index (κ1) is 19.0. The molecule has 0 bridgehead atoms. The zero-order valence-electron chi connectivity index (χ0n) is 15.6. The van der Waals surface area contributed by atoms with Crippen molar-refractivity contribution in [3.63, 3.8) is 0 Å². The molecule has 4 aliphatic rings. The number of aliphatic hydroxyl groups excluding tert-OH is 2. The number of rotatable bonds is 0. The van der Waals surface area contributed by atoms with Crippen molar-refractivity contribution in [1.29, 1.82) is 0 Å². The van der Waals surface area contributed by atoms with Gasteiger partial charge in [-0.05, 0) is 91.6 Å². The normalized spacial score (nSPS) is 58.8. The Morgan fingerprint density at radius 2 is 1.73 bits per heavy atom. The molecule has 4 fully saturated rings. The fraction of sp³-hybridized carbons (Fsp3) is 0.905. The van der Waals surface area contributed by atoms with Crippen molar-refractivity contribution in [3.8, 4) is 11.3 Å². The minimum atomic E-state index is -1.46. The minimum Gasteiger partial charge on any atom is -0.390 e. The van der Waals surface area contributed by atoms with Crippen LogP contribution >= 0.6 is 11.6 Å². The predicted octanol–water partition coefficient (Wildman–Crippen LogP) is 3.24. The van der Waals surface area contributed by atoms with E-state index in [9.17, 15) is 19.7 Å². The molecule has 0 radical (unpaired) electrons. The predicted molar refractivity (Wildman–Crippen MR) is 98.0 cm³/mol. The molecule has 0 heterocycles. The fourth-order valence-electron chi connectivity index (χ4n) is 7.58. The van der Waals surface area contributed by atoms with Crippen molar-refractivity contribution in [2.45, 2.75) is 82.8 Å². The first-order chi connectivity index (χ1) is 12.2. The van der Waals surface area contributed by atoms with Gasteiger partial charge in [-0.3, -0.25) is 0 Å². The molecular weight excluding hydrogens is 355 g/mol. The Balaban J connectivity index is 1.68. The van der Waals surface area contributed by atoms with Gasteiger partial charge in [0.05, 0.1) is 12.2 Å². The Morgan fingerprint density at radius 1 is 1.00 bits per heavy atom. The lowest BCUT2D eigenvalue weighted by Crippen LogP contribution is -2.59. The Labute approximate surface area is 160 Å². The number of fused-ring (bicyclic) bond motifs is 5. The fourth-order valence-corrected chi connectivity index (χ4v) is 7.73. The van der Waals surface area contributed by atoms with Crippen molar-refractivity contribution in [2.75, 3.05) is 0 Å². The van der Waals surface area contributed by atoms with Crippen molar-refractivity contribution in [3.05, 3.63) is 0 Å². The second-order valence-electron chi connectivity index (χ2n) is 9.81. The maximum atomic E-state index is 14.8. The molecule has 1 unspecified atom stereocenters. The van der Waals surface area contributed by atoms with E-state index in [0.717, 1.165) is 32.1 Å². The molecule has 0 amide bonds. The highest BCUT2D eigenvalue weighted by molar-refractivity contribution is 6.30. The van der Waals surface area contributed by atoms with Gasteiger partial charge >= 0.3 is 0 Å². The summed E-state index contributed by atoms with van der Waals surface area (Å²) in [5.74, 6) is 3.54. The molecule has 3 nitrogen and oxygen atoms in total. The van der Waals surface area contributed by atoms with E-state index in [4.69, 9.17) is 11.6 Å². The Hall–Kier alpha value is -0.340. The van der Waals surface area contributed by atoms with Crippen LogP contribution in [0.1, 0.15) is 58.8 Å². The van der Waals surface area contributed by atoms with Gasteiger partial charge in [-0.2, -0.15) is 0 Å². The highest BCUT2D eigenvalue weighted by Crippen LogP contribution is 2.68. The van der Waals surface area contributed by atoms with Gasteiger partial charge in [-0.25, -0.2) is 4.39 Å². The molecule has 0 saturated heterocycles. The van der Waals surface area contributed by atoms with Crippen LogP contribution in [0.5, 0.6) is 0 Å². The van der Waals surface area contributed by atoms with E-state index < -0.39 is 29.4 Å². The number of aliphatic hydroxyl groups is 3. The van der Waals surface area contributed by atoms with Gasteiger partial charge in [0.1, 0.15) is 6.17 Å². The molecule has 5 heteroatoms. The largest absolute Gasteiger partial charge is 0.390 e. The molecule has 0 spiro atoms. The monoisotopic (exact) mass is 384 g/mol. The highest BCUT2D eigenvalue weighted by Gasteiger charge is 2.68. The van der Waals surface area contributed by atoms with Crippen LogP contribution in [0.25, 0.3) is 0 Å². The third kappa shape index (κ3) is 2.24. The second-order valence-corrected chi connectivity index (χ2v) is 10.00. The van der Waals surface area contributed by atoms with E-state index >= 15 is 0 Å². The summed E-state index contributed by atoms with van der Waals surface area (Å²) in [6.45, 7) is 4.26. The molecule has 3 N–H and O–H groups in total. The third-order valence-corrected chi connectivity index (χ3v) is 9.23. The lowest BCUT2D eigenvalue weighted by atomic mass is 9.44. The molecule has 4 rings (SSSR count). The smallest absolute Gasteiger partial charge is 0.157 e. The zero-order valence-corrected chi connectivity index (χ0v) is 16.3. The Morgan fingerprint density at radius 3 is 2.42 bits per heavy atom. The SMILES string of the molecule is C[C@]12CC[C@@H](O)[C@@H](F)C1CC[C@@H]1[C@@H]2CC[C@@]2(C)[C@H]1C[C@@H](O)[C@@]2(O)C#CCl. The average Bonchev–Trinajstić information content (AvgIpc) is 2.79. The minimum absolute atomic E-state index is 0.0790. The van der Waals surface area contributed by atoms with Crippen molar-refractivity contribution in [1.82, 2.24) is 0 Å². The number of halogens is 2. The Kier molecular flexibility index (Phi) is 4.44. The summed E-state index contributed by atoms with van der Waals surface area (Å²) < 4.78 is 14.8. The van der Waals surface area contributed by atoms with E-state index in [1.165, 1.54) is 0 Å². The third-order valence-electron chi connectivity index (χ3n) is 9.13. The maximum Gasteiger partial charge on any atom is 0.157 e. The summed E-state index contributed by atoms with van der Waals surface area (Å²) in [6.07, 6.45) is 2.42. The zero-order chi connectivity index (χ0) is 18.9. The molecule has 146 valence electrons. The van der Waals surface area contributed by atoms with Crippen LogP contribution in [0.2, 0.25) is 0 Å². The standard InChI is InChI=1S/C21H30ClFO3/c1-19-7-6-16(24)18(23)14(19)4-3-12-13(19)5-8-20(2)15(12)11-17(25)21(20,26)9-10-22/h12-18,24-26H,3-8,11H2,1-2H3/t12-,13+,14?,15+,16-,17-,18+,19-,20+,21+/m1/s1. The quantitative estimate of drug-likeness (QED) is 0.562. The summed E-state index contributed by atoms with van der Waals surface area (Å²) in [7, 11) is 0. The maximum absolute atomic E-state index is 14.8. The summed E-state index contributed by atoms with van der Waals surface area (Å²) >= 11 is 5.61. The molecule has 4 aliphatic carbocycles. The van der Waals surface area contributed by atoms with Gasteiger partial charge in [0, 0.05) is 10.8 Å². The summed E-state index contributed by atoms with van der Waals surface area (Å²) in [4.78, 5) is 0. The van der Waals surface area contributed by atoms with E-state index in [1.807, 2.05) is 6.92 Å². The van der Waals surface area contributed by atoms with Gasteiger partial charge in [0.15, 0.2) is 5.60 Å². The van der Waals surface area contributed by atoms with Crippen LogP contribution in [0.15, 0.2) is 0 Å². The van der Waals surface area contributed by atoms with E-state index in [1.54, 1.807) is 0 Å². The van der Waals surface area contributed by atoms with Crippen LogP contribution < -0.4 is 0 Å². The topological polar surface area (TPSA) is 60.7 Å². The molecule has 0 aromatic carbocycles. The van der Waals surface area contributed by atoms with Gasteiger partial charge in [0.2, 0.25) is 0 Å². The first-order valence-corrected chi connectivity index (χ1v) is 10.4. The van der Waals surface area contributed by atoms with Gasteiger partial charge in [-0.1, -0.05) is 13.8 Å². The number of alkyl halides is 1.